The number of benzene rings is 12. The second-order valence-electron chi connectivity index (χ2n) is 18.8. The Morgan fingerprint density at radius 2 is 0.761 bits per heavy atom. The fraction of sp³-hybridized carbons (Fsp3) is 0.0145. The van der Waals surface area contributed by atoms with Crippen LogP contribution in [0, 0.1) is 0 Å². The molecule has 13 aromatic rings. The smallest absolute Gasteiger partial charge is 0.160 e. The molecule has 0 bridgehead atoms. The summed E-state index contributed by atoms with van der Waals surface area (Å²) in [5, 5.41) is 9.84. The Morgan fingerprint density at radius 1 is 0.268 bits per heavy atom. The number of aromatic nitrogens is 2. The number of rotatable bonds is 7. The summed E-state index contributed by atoms with van der Waals surface area (Å²) in [5.41, 5.74) is 16.7. The molecule has 71 heavy (non-hydrogen) atoms. The van der Waals surface area contributed by atoms with Crippen LogP contribution in [0.3, 0.4) is 0 Å². The first-order chi connectivity index (χ1) is 35.2. The third-order valence-electron chi connectivity index (χ3n) is 14.9. The van der Waals surface area contributed by atoms with Gasteiger partial charge in [-0.1, -0.05) is 243 Å². The van der Waals surface area contributed by atoms with E-state index < -0.39 is 5.41 Å². The maximum absolute atomic E-state index is 5.36. The Kier molecular flexibility index (Phi) is 9.47. The molecule has 0 unspecified atom stereocenters. The van der Waals surface area contributed by atoms with Gasteiger partial charge >= 0.3 is 0 Å². The van der Waals surface area contributed by atoms with Crippen LogP contribution in [-0.4, -0.2) is 9.97 Å². The summed E-state index contributed by atoms with van der Waals surface area (Å²) in [4.78, 5) is 10.7. The largest absolute Gasteiger partial charge is 0.228 e. The molecular weight excluding hydrogens is 857 g/mol. The van der Waals surface area contributed by atoms with Crippen LogP contribution in [-0.2, 0) is 5.41 Å². The highest BCUT2D eigenvalue weighted by Gasteiger charge is 2.46. The van der Waals surface area contributed by atoms with Gasteiger partial charge in [0.05, 0.1) is 16.8 Å². The van der Waals surface area contributed by atoms with Crippen LogP contribution in [0.2, 0.25) is 0 Å². The Labute approximate surface area is 412 Å². The third-order valence-corrected chi connectivity index (χ3v) is 14.9. The standard InChI is InChI=1S/C69H44N2/c1-5-20-46(21-6-1)65-58-30-15-16-31-59(58)66(67-55-28-14-13-19-45(55)37-40-60(65)67)52-36-34-48-41-50(35-33-49(48)42-52)63-44-64(71-68(70-63)47-22-7-2-8-23-47)51-38-39-57-56-29-17-18-32-61(56)69(62(57)43-51,53-24-9-3-10-25-53)54-26-11-4-12-27-54/h1-44H. The lowest BCUT2D eigenvalue weighted by molar-refractivity contribution is 0.768. The van der Waals surface area contributed by atoms with Gasteiger partial charge in [-0.3, -0.25) is 0 Å². The summed E-state index contributed by atoms with van der Waals surface area (Å²) in [6.45, 7) is 0. The predicted octanol–water partition coefficient (Wildman–Crippen LogP) is 17.8. The minimum Gasteiger partial charge on any atom is -0.228 e. The van der Waals surface area contributed by atoms with Crippen molar-refractivity contribution in [2.45, 2.75) is 5.41 Å². The Bertz CT molecular complexity index is 4160. The molecule has 1 aliphatic carbocycles. The van der Waals surface area contributed by atoms with Gasteiger partial charge in [-0.25, -0.2) is 9.97 Å². The topological polar surface area (TPSA) is 25.8 Å². The normalized spacial score (nSPS) is 12.6. The molecule has 1 heterocycles. The highest BCUT2D eigenvalue weighted by Crippen LogP contribution is 2.57. The molecule has 0 N–H and O–H groups in total. The highest BCUT2D eigenvalue weighted by atomic mass is 14.9. The molecule has 0 amide bonds. The van der Waals surface area contributed by atoms with E-state index in [1.165, 1.54) is 93.3 Å². The Balaban J connectivity index is 0.936. The zero-order chi connectivity index (χ0) is 46.9. The van der Waals surface area contributed by atoms with E-state index in [-0.39, 0.29) is 0 Å². The minimum atomic E-state index is -0.518. The molecule has 0 saturated heterocycles. The van der Waals surface area contributed by atoms with Gasteiger partial charge in [-0.2, -0.15) is 0 Å². The first-order valence-corrected chi connectivity index (χ1v) is 24.5. The first-order valence-electron chi connectivity index (χ1n) is 24.5. The highest BCUT2D eigenvalue weighted by molar-refractivity contribution is 6.28. The van der Waals surface area contributed by atoms with E-state index in [0.29, 0.717) is 5.82 Å². The van der Waals surface area contributed by atoms with Crippen molar-refractivity contribution in [3.05, 3.63) is 289 Å². The molecule has 14 rings (SSSR count). The van der Waals surface area contributed by atoms with Crippen LogP contribution in [0.1, 0.15) is 22.3 Å². The molecule has 0 radical (unpaired) electrons. The average Bonchev–Trinajstić information content (AvgIpc) is 3.75. The van der Waals surface area contributed by atoms with Crippen molar-refractivity contribution in [2.75, 3.05) is 0 Å². The van der Waals surface area contributed by atoms with Gasteiger partial charge in [-0.05, 0) is 123 Å². The van der Waals surface area contributed by atoms with E-state index in [1.807, 2.05) is 6.07 Å². The van der Waals surface area contributed by atoms with Crippen molar-refractivity contribution in [2.24, 2.45) is 0 Å². The van der Waals surface area contributed by atoms with Crippen molar-refractivity contribution >= 4 is 43.1 Å². The molecular formula is C69H44N2. The molecule has 2 nitrogen and oxygen atoms in total. The molecule has 0 spiro atoms. The van der Waals surface area contributed by atoms with Gasteiger partial charge in [0.1, 0.15) is 0 Å². The lowest BCUT2D eigenvalue weighted by atomic mass is 9.67. The molecule has 1 aromatic heterocycles. The maximum atomic E-state index is 5.36. The van der Waals surface area contributed by atoms with E-state index >= 15 is 0 Å². The van der Waals surface area contributed by atoms with Gasteiger partial charge in [0.2, 0.25) is 0 Å². The van der Waals surface area contributed by atoms with Gasteiger partial charge in [0.15, 0.2) is 5.82 Å². The van der Waals surface area contributed by atoms with Crippen LogP contribution in [0.25, 0.3) is 110 Å². The van der Waals surface area contributed by atoms with Gasteiger partial charge in [0.25, 0.3) is 0 Å². The summed E-state index contributed by atoms with van der Waals surface area (Å²) in [6.07, 6.45) is 0. The number of nitrogens with zero attached hydrogens (tertiary/aromatic N) is 2. The lowest BCUT2D eigenvalue weighted by Crippen LogP contribution is -2.28. The van der Waals surface area contributed by atoms with Crippen LogP contribution in [0.5, 0.6) is 0 Å². The van der Waals surface area contributed by atoms with Crippen molar-refractivity contribution in [1.82, 2.24) is 9.97 Å². The van der Waals surface area contributed by atoms with E-state index in [9.17, 15) is 0 Å². The monoisotopic (exact) mass is 900 g/mol. The van der Waals surface area contributed by atoms with Crippen LogP contribution in [0.4, 0.5) is 0 Å². The average molecular weight is 901 g/mol. The maximum Gasteiger partial charge on any atom is 0.160 e. The van der Waals surface area contributed by atoms with E-state index in [1.54, 1.807) is 0 Å². The molecule has 2 heteroatoms. The van der Waals surface area contributed by atoms with Crippen LogP contribution >= 0.6 is 0 Å². The summed E-state index contributed by atoms with van der Waals surface area (Å²) < 4.78 is 0. The molecule has 12 aromatic carbocycles. The number of hydrogen-bond donors (Lipinski definition) is 0. The predicted molar refractivity (Wildman–Crippen MR) is 297 cm³/mol. The van der Waals surface area contributed by atoms with E-state index in [0.717, 1.165) is 33.5 Å². The zero-order valence-electron chi connectivity index (χ0n) is 38.8. The molecule has 0 atom stereocenters. The second kappa shape index (κ2) is 16.5. The molecule has 0 saturated carbocycles. The molecule has 0 fully saturated rings. The quantitative estimate of drug-likeness (QED) is 0.118. The fourth-order valence-electron chi connectivity index (χ4n) is 11.8. The van der Waals surface area contributed by atoms with Gasteiger partial charge in [-0.15, -0.1) is 0 Å². The molecule has 1 aliphatic rings. The van der Waals surface area contributed by atoms with Gasteiger partial charge in [0, 0.05) is 16.7 Å². The van der Waals surface area contributed by atoms with Crippen LogP contribution < -0.4 is 0 Å². The summed E-state index contributed by atoms with van der Waals surface area (Å²) in [7, 11) is 0. The summed E-state index contributed by atoms with van der Waals surface area (Å²) in [5.74, 6) is 0.694. The Morgan fingerprint density at radius 3 is 1.45 bits per heavy atom. The van der Waals surface area contributed by atoms with Crippen molar-refractivity contribution in [3.63, 3.8) is 0 Å². The second-order valence-corrected chi connectivity index (χ2v) is 18.8. The first kappa shape index (κ1) is 40.8. The van der Waals surface area contributed by atoms with Crippen molar-refractivity contribution in [1.29, 1.82) is 0 Å². The van der Waals surface area contributed by atoms with E-state index in [4.69, 9.17) is 9.97 Å². The lowest BCUT2D eigenvalue weighted by Gasteiger charge is -2.34. The Hall–Kier alpha value is -9.24. The van der Waals surface area contributed by atoms with Crippen molar-refractivity contribution in [3.8, 4) is 67.3 Å². The van der Waals surface area contributed by atoms with E-state index in [2.05, 4.69) is 261 Å². The van der Waals surface area contributed by atoms with Gasteiger partial charge < -0.3 is 0 Å². The minimum absolute atomic E-state index is 0.518. The fourth-order valence-corrected chi connectivity index (χ4v) is 11.8. The molecule has 330 valence electrons. The van der Waals surface area contributed by atoms with Crippen LogP contribution in [0.15, 0.2) is 267 Å². The third kappa shape index (κ3) is 6.49. The molecule has 0 aliphatic heterocycles. The summed E-state index contributed by atoms with van der Waals surface area (Å²) >= 11 is 0. The summed E-state index contributed by atoms with van der Waals surface area (Å²) in [6, 6.07) is 97.3. The van der Waals surface area contributed by atoms with Crippen molar-refractivity contribution < 1.29 is 0 Å². The number of hydrogen-bond acceptors (Lipinski definition) is 2. The zero-order valence-corrected chi connectivity index (χ0v) is 38.8. The number of fused-ring (bicyclic) bond motifs is 8. The SMILES string of the molecule is c1ccc(-c2nc(-c3ccc4c(c3)C(c3ccccc3)(c3ccccc3)c3ccccc3-4)cc(-c3ccc4cc(-c5c6ccccc6c(-c6ccccc6)c6ccc7ccccc7c56)ccc4c3)n2)cc1.